The highest BCUT2D eigenvalue weighted by molar-refractivity contribution is 5.88. The molecule has 1 N–H and O–H groups in total. The molecule has 0 spiro atoms. The molecular formula is C12H13N3O. The van der Waals surface area contributed by atoms with E-state index in [1.165, 1.54) is 0 Å². The van der Waals surface area contributed by atoms with Crippen LogP contribution in [0.3, 0.4) is 0 Å². The fourth-order valence-corrected chi connectivity index (χ4v) is 1.55. The summed E-state index contributed by atoms with van der Waals surface area (Å²) in [5.74, 6) is -0.126. The zero-order chi connectivity index (χ0) is 11.4. The van der Waals surface area contributed by atoms with Gasteiger partial charge in [-0.1, -0.05) is 6.07 Å². The number of nitriles is 1. The normalized spacial score (nSPS) is 16.2. The molecule has 1 amide bonds. The van der Waals surface area contributed by atoms with E-state index >= 15 is 0 Å². The third-order valence-corrected chi connectivity index (χ3v) is 2.82. The van der Waals surface area contributed by atoms with Crippen molar-refractivity contribution in [2.45, 2.75) is 19.3 Å². The van der Waals surface area contributed by atoms with Gasteiger partial charge in [0, 0.05) is 18.9 Å². The van der Waals surface area contributed by atoms with Gasteiger partial charge in [-0.3, -0.25) is 9.78 Å². The molecule has 0 unspecified atom stereocenters. The summed E-state index contributed by atoms with van der Waals surface area (Å²) in [5.41, 5.74) is 0.374. The molecule has 1 heterocycles. The summed E-state index contributed by atoms with van der Waals surface area (Å²) in [7, 11) is 0. The Morgan fingerprint density at radius 3 is 3.00 bits per heavy atom. The predicted molar refractivity (Wildman–Crippen MR) is 58.2 cm³/mol. The zero-order valence-electron chi connectivity index (χ0n) is 8.94. The molecule has 1 saturated carbocycles. The van der Waals surface area contributed by atoms with Crippen LogP contribution in [0.5, 0.6) is 0 Å². The van der Waals surface area contributed by atoms with E-state index in [2.05, 4.69) is 16.4 Å². The fraction of sp³-hybridized carbons (Fsp3) is 0.417. The van der Waals surface area contributed by atoms with Crippen LogP contribution in [0, 0.1) is 16.7 Å². The minimum Gasteiger partial charge on any atom is -0.354 e. The van der Waals surface area contributed by atoms with Gasteiger partial charge in [0.15, 0.2) is 0 Å². The molecule has 2 rings (SSSR count). The van der Waals surface area contributed by atoms with E-state index in [4.69, 9.17) is 5.26 Å². The summed E-state index contributed by atoms with van der Waals surface area (Å²) in [5, 5.41) is 11.6. The van der Waals surface area contributed by atoms with Gasteiger partial charge in [0.25, 0.3) is 0 Å². The Kier molecular flexibility index (Phi) is 2.86. The van der Waals surface area contributed by atoms with Crippen LogP contribution in [0.25, 0.3) is 0 Å². The summed E-state index contributed by atoms with van der Waals surface area (Å²) in [4.78, 5) is 15.6. The number of aromatic nitrogens is 1. The van der Waals surface area contributed by atoms with Gasteiger partial charge >= 0.3 is 0 Å². The lowest BCUT2D eigenvalue weighted by Crippen LogP contribution is -2.32. The molecule has 0 radical (unpaired) electrons. The van der Waals surface area contributed by atoms with E-state index in [-0.39, 0.29) is 5.91 Å². The molecule has 0 aliphatic heterocycles. The first-order valence-corrected chi connectivity index (χ1v) is 5.35. The van der Waals surface area contributed by atoms with Crippen molar-refractivity contribution in [3.05, 3.63) is 30.1 Å². The molecule has 0 atom stereocenters. The average molecular weight is 215 g/mol. The first kappa shape index (κ1) is 10.6. The molecule has 0 saturated heterocycles. The topological polar surface area (TPSA) is 65.8 Å². The van der Waals surface area contributed by atoms with Crippen molar-refractivity contribution in [3.63, 3.8) is 0 Å². The van der Waals surface area contributed by atoms with Crippen LogP contribution in [-0.2, 0) is 11.2 Å². The molecule has 16 heavy (non-hydrogen) atoms. The number of amides is 1. The maximum atomic E-state index is 11.6. The number of nitrogens with one attached hydrogen (secondary N) is 1. The molecule has 82 valence electrons. The minimum atomic E-state index is -0.713. The Morgan fingerprint density at radius 2 is 2.44 bits per heavy atom. The van der Waals surface area contributed by atoms with E-state index in [0.29, 0.717) is 19.4 Å². The van der Waals surface area contributed by atoms with E-state index in [1.807, 2.05) is 12.1 Å². The van der Waals surface area contributed by atoms with Crippen molar-refractivity contribution in [2.75, 3.05) is 6.54 Å². The van der Waals surface area contributed by atoms with Crippen LogP contribution in [0.2, 0.25) is 0 Å². The predicted octanol–water partition coefficient (Wildman–Crippen LogP) is 1.04. The molecule has 4 nitrogen and oxygen atoms in total. The highest BCUT2D eigenvalue weighted by Crippen LogP contribution is 2.44. The Labute approximate surface area is 94.3 Å². The number of nitrogens with zero attached hydrogens (tertiary/aromatic N) is 2. The smallest absolute Gasteiger partial charge is 0.240 e. The lowest BCUT2D eigenvalue weighted by Gasteiger charge is -2.07. The van der Waals surface area contributed by atoms with Crippen molar-refractivity contribution in [1.29, 1.82) is 5.26 Å². The number of hydrogen-bond donors (Lipinski definition) is 1. The van der Waals surface area contributed by atoms with Crippen LogP contribution in [-0.4, -0.2) is 17.4 Å². The third kappa shape index (κ3) is 2.19. The number of rotatable bonds is 4. The van der Waals surface area contributed by atoms with E-state index < -0.39 is 5.41 Å². The second kappa shape index (κ2) is 4.31. The molecule has 1 aliphatic rings. The standard InChI is InChI=1S/C12H13N3O/c13-9-12(4-5-12)11(16)15-7-3-10-2-1-6-14-8-10/h1-2,6,8H,3-5,7H2,(H,15,16). The summed E-state index contributed by atoms with van der Waals surface area (Å²) in [6.45, 7) is 0.563. The molecular weight excluding hydrogens is 202 g/mol. The quantitative estimate of drug-likeness (QED) is 0.816. The van der Waals surface area contributed by atoms with Crippen LogP contribution in [0.15, 0.2) is 24.5 Å². The molecule has 1 aliphatic carbocycles. The molecule has 0 aromatic carbocycles. The first-order chi connectivity index (χ1) is 7.77. The lowest BCUT2D eigenvalue weighted by molar-refractivity contribution is -0.124. The summed E-state index contributed by atoms with van der Waals surface area (Å²) >= 11 is 0. The molecule has 1 aromatic rings. The van der Waals surface area contributed by atoms with Crippen LogP contribution >= 0.6 is 0 Å². The summed E-state index contributed by atoms with van der Waals surface area (Å²) in [6, 6.07) is 5.91. The Bertz CT molecular complexity index is 418. The number of carbonyl (C=O) groups excluding carboxylic acids is 1. The number of hydrogen-bond acceptors (Lipinski definition) is 3. The monoisotopic (exact) mass is 215 g/mol. The van der Waals surface area contributed by atoms with Gasteiger partial charge in [-0.2, -0.15) is 5.26 Å². The van der Waals surface area contributed by atoms with Crippen molar-refractivity contribution >= 4 is 5.91 Å². The van der Waals surface area contributed by atoms with Crippen molar-refractivity contribution < 1.29 is 4.79 Å². The summed E-state index contributed by atoms with van der Waals surface area (Å²) < 4.78 is 0. The van der Waals surface area contributed by atoms with Crippen LogP contribution in [0.1, 0.15) is 18.4 Å². The molecule has 1 aromatic heterocycles. The molecule has 0 bridgehead atoms. The second-order valence-electron chi connectivity index (χ2n) is 4.06. The Morgan fingerprint density at radius 1 is 1.62 bits per heavy atom. The maximum absolute atomic E-state index is 11.6. The van der Waals surface area contributed by atoms with E-state index in [1.54, 1.807) is 12.4 Å². The number of pyridine rings is 1. The third-order valence-electron chi connectivity index (χ3n) is 2.82. The van der Waals surface area contributed by atoms with Gasteiger partial charge in [-0.25, -0.2) is 0 Å². The van der Waals surface area contributed by atoms with Crippen LogP contribution in [0.4, 0.5) is 0 Å². The molecule has 1 fully saturated rings. The first-order valence-electron chi connectivity index (χ1n) is 5.35. The fourth-order valence-electron chi connectivity index (χ4n) is 1.55. The van der Waals surface area contributed by atoms with Gasteiger partial charge < -0.3 is 5.32 Å². The van der Waals surface area contributed by atoms with Crippen molar-refractivity contribution in [1.82, 2.24) is 10.3 Å². The van der Waals surface area contributed by atoms with Gasteiger partial charge in [-0.15, -0.1) is 0 Å². The second-order valence-corrected chi connectivity index (χ2v) is 4.06. The minimum absolute atomic E-state index is 0.126. The largest absolute Gasteiger partial charge is 0.354 e. The van der Waals surface area contributed by atoms with E-state index in [0.717, 1.165) is 12.0 Å². The lowest BCUT2D eigenvalue weighted by atomic mass is 10.1. The van der Waals surface area contributed by atoms with Gasteiger partial charge in [0.05, 0.1) is 6.07 Å². The summed E-state index contributed by atoms with van der Waals surface area (Å²) in [6.07, 6.45) is 5.64. The SMILES string of the molecule is N#CC1(C(=O)NCCc2cccnc2)CC1. The Balaban J connectivity index is 1.77. The van der Waals surface area contributed by atoms with Gasteiger partial charge in [0.2, 0.25) is 5.91 Å². The maximum Gasteiger partial charge on any atom is 0.240 e. The average Bonchev–Trinajstić information content (AvgIpc) is 3.11. The highest BCUT2D eigenvalue weighted by Gasteiger charge is 2.50. The highest BCUT2D eigenvalue weighted by atomic mass is 16.2. The van der Waals surface area contributed by atoms with E-state index in [9.17, 15) is 4.79 Å². The van der Waals surface area contributed by atoms with Crippen molar-refractivity contribution in [2.24, 2.45) is 5.41 Å². The molecule has 4 heteroatoms. The van der Waals surface area contributed by atoms with Crippen LogP contribution < -0.4 is 5.32 Å². The Hall–Kier alpha value is -1.89. The zero-order valence-corrected chi connectivity index (χ0v) is 8.94. The van der Waals surface area contributed by atoms with Gasteiger partial charge in [-0.05, 0) is 30.9 Å². The van der Waals surface area contributed by atoms with Gasteiger partial charge in [0.1, 0.15) is 5.41 Å². The number of carbonyl (C=O) groups is 1. The van der Waals surface area contributed by atoms with Crippen molar-refractivity contribution in [3.8, 4) is 6.07 Å².